The van der Waals surface area contributed by atoms with Crippen LogP contribution in [0, 0.1) is 17.3 Å². The van der Waals surface area contributed by atoms with E-state index in [-0.39, 0.29) is 29.9 Å². The maximum Gasteiger partial charge on any atom is 0.248 e. The van der Waals surface area contributed by atoms with Crippen molar-refractivity contribution in [3.8, 4) is 11.5 Å². The van der Waals surface area contributed by atoms with Crippen LogP contribution < -0.4 is 9.47 Å². The molecule has 1 aliphatic heterocycles. The van der Waals surface area contributed by atoms with E-state index in [1.807, 2.05) is 25.1 Å². The predicted molar refractivity (Wildman–Crippen MR) is 125 cm³/mol. The molecule has 1 heterocycles. The van der Waals surface area contributed by atoms with Gasteiger partial charge in [-0.15, -0.1) is 0 Å². The van der Waals surface area contributed by atoms with Crippen LogP contribution in [-0.2, 0) is 4.79 Å². The number of aliphatic hydroxyl groups is 2. The van der Waals surface area contributed by atoms with Crippen molar-refractivity contribution in [1.29, 1.82) is 0 Å². The highest BCUT2D eigenvalue weighted by Crippen LogP contribution is 2.43. The molecule has 1 aromatic carbocycles. The van der Waals surface area contributed by atoms with Crippen LogP contribution in [-0.4, -0.2) is 59.5 Å². The second kappa shape index (κ2) is 10.0. The second-order valence-electron chi connectivity index (χ2n) is 10.7. The third-order valence-electron chi connectivity index (χ3n) is 7.73. The number of amides is 1. The van der Waals surface area contributed by atoms with E-state index in [9.17, 15) is 15.0 Å². The molecule has 2 fully saturated rings. The van der Waals surface area contributed by atoms with Gasteiger partial charge < -0.3 is 24.6 Å². The van der Waals surface area contributed by atoms with Gasteiger partial charge in [0, 0.05) is 24.4 Å². The molecular weight excluding hydrogens is 406 g/mol. The van der Waals surface area contributed by atoms with Gasteiger partial charge in [0.2, 0.25) is 5.91 Å². The number of carbonyl (C=O) groups excluding carboxylic acids is 1. The molecule has 1 saturated heterocycles. The van der Waals surface area contributed by atoms with Gasteiger partial charge in [-0.25, -0.2) is 0 Å². The normalized spacial score (nSPS) is 29.6. The van der Waals surface area contributed by atoms with Gasteiger partial charge in [-0.1, -0.05) is 26.8 Å². The topological polar surface area (TPSA) is 79.2 Å². The Hall–Kier alpha value is -1.79. The van der Waals surface area contributed by atoms with E-state index in [1.54, 1.807) is 18.9 Å². The number of nitrogens with zero attached hydrogens (tertiary/aromatic N) is 1. The van der Waals surface area contributed by atoms with Crippen molar-refractivity contribution in [3.63, 3.8) is 0 Å². The molecule has 32 heavy (non-hydrogen) atoms. The number of benzene rings is 1. The molecule has 4 atom stereocenters. The molecule has 1 amide bonds. The lowest BCUT2D eigenvalue weighted by Crippen LogP contribution is -2.39. The summed E-state index contributed by atoms with van der Waals surface area (Å²) in [5, 5.41) is 19.9. The number of ether oxygens (including phenoxy) is 2. The third kappa shape index (κ3) is 5.23. The van der Waals surface area contributed by atoms with Crippen molar-refractivity contribution in [1.82, 2.24) is 4.90 Å². The van der Waals surface area contributed by atoms with E-state index in [0.29, 0.717) is 17.7 Å². The Morgan fingerprint density at radius 1 is 1.19 bits per heavy atom. The molecule has 0 spiro atoms. The summed E-state index contributed by atoms with van der Waals surface area (Å²) in [6, 6.07) is 5.79. The quantitative estimate of drug-likeness (QED) is 0.690. The number of methoxy groups -OCH3 is 1. The van der Waals surface area contributed by atoms with Gasteiger partial charge in [-0.3, -0.25) is 4.79 Å². The Labute approximate surface area is 192 Å². The molecule has 6 heteroatoms. The van der Waals surface area contributed by atoms with Gasteiger partial charge >= 0.3 is 0 Å². The smallest absolute Gasteiger partial charge is 0.248 e. The maximum absolute atomic E-state index is 12.2. The van der Waals surface area contributed by atoms with Gasteiger partial charge in [-0.05, 0) is 68.6 Å². The number of aliphatic hydroxyl groups excluding tert-OH is 2. The summed E-state index contributed by atoms with van der Waals surface area (Å²) in [5.74, 6) is 1.70. The first-order valence-corrected chi connectivity index (χ1v) is 12.0. The van der Waals surface area contributed by atoms with Crippen molar-refractivity contribution >= 4 is 5.91 Å². The van der Waals surface area contributed by atoms with E-state index >= 15 is 0 Å². The molecule has 0 bridgehead atoms. The maximum atomic E-state index is 12.2. The Kier molecular flexibility index (Phi) is 7.77. The molecule has 2 N–H and O–H groups in total. The first-order valence-electron chi connectivity index (χ1n) is 12.0. The molecule has 6 nitrogen and oxygen atoms in total. The number of hydrogen-bond acceptors (Lipinski definition) is 5. The molecule has 3 unspecified atom stereocenters. The highest BCUT2D eigenvalue weighted by molar-refractivity contribution is 5.78. The van der Waals surface area contributed by atoms with E-state index in [4.69, 9.17) is 9.47 Å². The molecule has 0 radical (unpaired) electrons. The fraction of sp³-hybridized carbons (Fsp3) is 0.731. The molecular formula is C26H41NO5. The summed E-state index contributed by atoms with van der Waals surface area (Å²) in [6.45, 7) is 10.6. The Morgan fingerprint density at radius 2 is 1.84 bits per heavy atom. The molecule has 180 valence electrons. The van der Waals surface area contributed by atoms with Crippen LogP contribution in [0.5, 0.6) is 11.5 Å². The van der Waals surface area contributed by atoms with Crippen LogP contribution in [0.25, 0.3) is 0 Å². The molecule has 0 aromatic heterocycles. The van der Waals surface area contributed by atoms with E-state index in [2.05, 4.69) is 20.8 Å². The van der Waals surface area contributed by atoms with E-state index < -0.39 is 12.7 Å². The zero-order valence-corrected chi connectivity index (χ0v) is 20.5. The summed E-state index contributed by atoms with van der Waals surface area (Å²) in [4.78, 5) is 13.9. The van der Waals surface area contributed by atoms with Crippen LogP contribution in [0.1, 0.15) is 71.8 Å². The van der Waals surface area contributed by atoms with Gasteiger partial charge in [-0.2, -0.15) is 0 Å². The standard InChI is InChI=1S/C26H41NO5/c1-16-25(17(2)29)21(14-27(16)24(30)15-28)18-7-12-22(31-6)23(13-18)32-20-10-8-19(9-11-20)26(3,4)5/h7,12-13,16-17,19-21,25,28-29H,8-11,14-15H2,1-6H3/t16?,17-,19?,20?,21?,25?/m1/s1. The highest BCUT2D eigenvalue weighted by atomic mass is 16.5. The minimum atomic E-state index is -0.578. The number of likely N-dealkylation sites (tertiary alicyclic amines) is 1. The average molecular weight is 448 g/mol. The van der Waals surface area contributed by atoms with Gasteiger partial charge in [0.25, 0.3) is 0 Å². The van der Waals surface area contributed by atoms with Gasteiger partial charge in [0.05, 0.1) is 19.3 Å². The fourth-order valence-corrected chi connectivity index (χ4v) is 5.77. The largest absolute Gasteiger partial charge is 0.493 e. The zero-order valence-electron chi connectivity index (χ0n) is 20.5. The SMILES string of the molecule is COc1ccc(C2CN(C(=O)CO)C(C)C2[C@@H](C)O)cc1OC1CCC(C(C)(C)C)CC1. The monoisotopic (exact) mass is 447 g/mol. The van der Waals surface area contributed by atoms with Crippen molar-refractivity contribution in [2.45, 2.75) is 84.5 Å². The summed E-state index contributed by atoms with van der Waals surface area (Å²) < 4.78 is 12.0. The van der Waals surface area contributed by atoms with Gasteiger partial charge in [0.1, 0.15) is 6.61 Å². The molecule has 3 rings (SSSR count). The van der Waals surface area contributed by atoms with Crippen LogP contribution >= 0.6 is 0 Å². The van der Waals surface area contributed by atoms with Crippen LogP contribution in [0.4, 0.5) is 0 Å². The highest BCUT2D eigenvalue weighted by Gasteiger charge is 2.44. The molecule has 1 saturated carbocycles. The van der Waals surface area contributed by atoms with Crippen LogP contribution in [0.2, 0.25) is 0 Å². The predicted octanol–water partition coefficient (Wildman–Crippen LogP) is 3.98. The lowest BCUT2D eigenvalue weighted by molar-refractivity contribution is -0.135. The fourth-order valence-electron chi connectivity index (χ4n) is 5.77. The second-order valence-corrected chi connectivity index (χ2v) is 10.7. The molecule has 1 aromatic rings. The third-order valence-corrected chi connectivity index (χ3v) is 7.73. The summed E-state index contributed by atoms with van der Waals surface area (Å²) >= 11 is 0. The first-order chi connectivity index (χ1) is 15.1. The average Bonchev–Trinajstić information content (AvgIpc) is 3.10. The number of rotatable bonds is 6. The Morgan fingerprint density at radius 3 is 2.38 bits per heavy atom. The van der Waals surface area contributed by atoms with Crippen molar-refractivity contribution in [2.75, 3.05) is 20.3 Å². The minimum absolute atomic E-state index is 0.0367. The summed E-state index contributed by atoms with van der Waals surface area (Å²) in [7, 11) is 1.65. The van der Waals surface area contributed by atoms with Crippen molar-refractivity contribution in [2.24, 2.45) is 17.3 Å². The van der Waals surface area contributed by atoms with Crippen molar-refractivity contribution < 1.29 is 24.5 Å². The van der Waals surface area contributed by atoms with Crippen LogP contribution in [0.15, 0.2) is 18.2 Å². The zero-order chi connectivity index (χ0) is 23.6. The van der Waals surface area contributed by atoms with E-state index in [0.717, 1.165) is 30.1 Å². The lowest BCUT2D eigenvalue weighted by atomic mass is 9.72. The number of carbonyl (C=O) groups is 1. The number of hydrogen-bond donors (Lipinski definition) is 2. The summed E-state index contributed by atoms with van der Waals surface area (Å²) in [6.07, 6.45) is 3.98. The minimum Gasteiger partial charge on any atom is -0.493 e. The Bertz CT molecular complexity index is 779. The van der Waals surface area contributed by atoms with E-state index in [1.165, 1.54) is 12.8 Å². The van der Waals surface area contributed by atoms with Crippen molar-refractivity contribution in [3.05, 3.63) is 23.8 Å². The molecule has 1 aliphatic carbocycles. The van der Waals surface area contributed by atoms with Crippen LogP contribution in [0.3, 0.4) is 0 Å². The molecule has 2 aliphatic rings. The lowest BCUT2D eigenvalue weighted by Gasteiger charge is -2.37. The Balaban J connectivity index is 1.80. The first kappa shape index (κ1) is 24.8. The summed E-state index contributed by atoms with van der Waals surface area (Å²) in [5.41, 5.74) is 1.35. The van der Waals surface area contributed by atoms with Gasteiger partial charge in [0.15, 0.2) is 11.5 Å².